The molecule has 0 aliphatic rings. The lowest BCUT2D eigenvalue weighted by Gasteiger charge is -2.17. The molecule has 112 valence electrons. The van der Waals surface area contributed by atoms with E-state index in [9.17, 15) is 13.2 Å². The van der Waals surface area contributed by atoms with Gasteiger partial charge in [0.1, 0.15) is 11.5 Å². The van der Waals surface area contributed by atoms with Crippen molar-refractivity contribution < 1.29 is 13.2 Å². The molecular weight excluding hydrogens is 275 g/mol. The van der Waals surface area contributed by atoms with Gasteiger partial charge in [-0.1, -0.05) is 38.1 Å². The fourth-order valence-corrected chi connectivity index (χ4v) is 2.15. The molecule has 1 unspecified atom stereocenters. The molecule has 0 fully saturated rings. The van der Waals surface area contributed by atoms with Gasteiger partial charge in [0.15, 0.2) is 11.6 Å². The number of nitrogens with one attached hydrogen (secondary N) is 1. The Bertz CT molecular complexity index is 597. The van der Waals surface area contributed by atoms with E-state index >= 15 is 0 Å². The minimum absolute atomic E-state index is 0.291. The first-order valence-corrected chi connectivity index (χ1v) is 6.89. The second-order valence-electron chi connectivity index (χ2n) is 5.43. The van der Waals surface area contributed by atoms with Gasteiger partial charge in [-0.05, 0) is 24.0 Å². The summed E-state index contributed by atoms with van der Waals surface area (Å²) in [4.78, 5) is 0. The second-order valence-corrected chi connectivity index (χ2v) is 5.43. The molecule has 0 amide bonds. The Morgan fingerprint density at radius 3 is 1.76 bits per heavy atom. The Hall–Kier alpha value is -1.97. The number of rotatable bonds is 4. The fraction of sp³-hybridized carbons (Fsp3) is 0.294. The van der Waals surface area contributed by atoms with Crippen molar-refractivity contribution >= 4 is 5.69 Å². The van der Waals surface area contributed by atoms with Crippen molar-refractivity contribution in [3.8, 4) is 0 Å². The average Bonchev–Trinajstić information content (AvgIpc) is 2.42. The van der Waals surface area contributed by atoms with Crippen LogP contribution in [0.5, 0.6) is 0 Å². The highest BCUT2D eigenvalue weighted by molar-refractivity contribution is 5.48. The molecule has 0 radical (unpaired) electrons. The number of hydrogen-bond donors (Lipinski definition) is 1. The van der Waals surface area contributed by atoms with Crippen LogP contribution in [0.3, 0.4) is 0 Å². The number of anilines is 1. The maximum atomic E-state index is 13.6. The molecule has 0 saturated carbocycles. The first kappa shape index (κ1) is 15.4. The molecule has 1 nitrogen and oxygen atoms in total. The van der Waals surface area contributed by atoms with E-state index in [1.54, 1.807) is 6.92 Å². The van der Waals surface area contributed by atoms with E-state index in [4.69, 9.17) is 0 Å². The molecule has 2 aromatic carbocycles. The molecule has 1 N–H and O–H groups in total. The van der Waals surface area contributed by atoms with Crippen LogP contribution in [0.2, 0.25) is 0 Å². The van der Waals surface area contributed by atoms with Crippen LogP contribution >= 0.6 is 0 Å². The Morgan fingerprint density at radius 1 is 0.810 bits per heavy atom. The Balaban J connectivity index is 2.20. The largest absolute Gasteiger partial charge is 0.374 e. The maximum absolute atomic E-state index is 13.6. The van der Waals surface area contributed by atoms with E-state index in [0.29, 0.717) is 18.1 Å². The summed E-state index contributed by atoms with van der Waals surface area (Å²) in [5.41, 5.74) is 1.80. The topological polar surface area (TPSA) is 12.0 Å². The molecule has 0 bridgehead atoms. The lowest BCUT2D eigenvalue weighted by Crippen LogP contribution is -2.10. The molecule has 0 aliphatic carbocycles. The van der Waals surface area contributed by atoms with Crippen molar-refractivity contribution in [3.63, 3.8) is 0 Å². The molecule has 4 heteroatoms. The van der Waals surface area contributed by atoms with Gasteiger partial charge in [-0.3, -0.25) is 0 Å². The molecule has 2 aromatic rings. The van der Waals surface area contributed by atoms with Gasteiger partial charge >= 0.3 is 0 Å². The van der Waals surface area contributed by atoms with Crippen LogP contribution in [0.4, 0.5) is 18.9 Å². The standard InChI is InChI=1S/C17H18F3N/c1-10(2)12-4-6-13(7-5-12)11(3)21-17-15(19)8-14(18)9-16(17)20/h4-11,21H,1-3H3. The van der Waals surface area contributed by atoms with Crippen molar-refractivity contribution in [1.82, 2.24) is 0 Å². The van der Waals surface area contributed by atoms with Gasteiger partial charge in [0.25, 0.3) is 0 Å². The molecule has 1 atom stereocenters. The SMILES string of the molecule is CC(C)c1ccc(C(C)Nc2c(F)cc(F)cc2F)cc1. The van der Waals surface area contributed by atoms with Crippen molar-refractivity contribution in [2.45, 2.75) is 32.7 Å². The summed E-state index contributed by atoms with van der Waals surface area (Å²) in [7, 11) is 0. The van der Waals surface area contributed by atoms with Gasteiger partial charge in [-0.2, -0.15) is 0 Å². The Morgan fingerprint density at radius 2 is 1.29 bits per heavy atom. The number of benzene rings is 2. The van der Waals surface area contributed by atoms with Crippen molar-refractivity contribution in [1.29, 1.82) is 0 Å². The normalized spacial score (nSPS) is 12.5. The van der Waals surface area contributed by atoms with E-state index in [0.717, 1.165) is 5.56 Å². The second kappa shape index (κ2) is 6.20. The summed E-state index contributed by atoms with van der Waals surface area (Å²) < 4.78 is 40.1. The molecule has 21 heavy (non-hydrogen) atoms. The molecule has 0 aliphatic heterocycles. The Kier molecular flexibility index (Phi) is 4.56. The molecule has 0 heterocycles. The van der Waals surface area contributed by atoms with Gasteiger partial charge < -0.3 is 5.32 Å². The van der Waals surface area contributed by atoms with Crippen LogP contribution < -0.4 is 5.32 Å². The number of hydrogen-bond acceptors (Lipinski definition) is 1. The molecule has 0 spiro atoms. The van der Waals surface area contributed by atoms with Crippen molar-refractivity contribution in [2.75, 3.05) is 5.32 Å². The van der Waals surface area contributed by atoms with E-state index < -0.39 is 17.5 Å². The van der Waals surface area contributed by atoms with Crippen LogP contribution in [0.1, 0.15) is 43.9 Å². The maximum Gasteiger partial charge on any atom is 0.152 e. The predicted molar refractivity (Wildman–Crippen MR) is 78.9 cm³/mol. The molecular formula is C17H18F3N. The molecule has 2 rings (SSSR count). The smallest absolute Gasteiger partial charge is 0.152 e. The van der Waals surface area contributed by atoms with Crippen LogP contribution in [0, 0.1) is 17.5 Å². The summed E-state index contributed by atoms with van der Waals surface area (Å²) in [5, 5.41) is 2.75. The van der Waals surface area contributed by atoms with E-state index in [2.05, 4.69) is 19.2 Å². The fourth-order valence-electron chi connectivity index (χ4n) is 2.15. The van der Waals surface area contributed by atoms with Crippen molar-refractivity contribution in [2.24, 2.45) is 0 Å². The predicted octanol–water partition coefficient (Wildman–Crippen LogP) is 5.40. The van der Waals surface area contributed by atoms with Gasteiger partial charge in [0.2, 0.25) is 0 Å². The highest BCUT2D eigenvalue weighted by atomic mass is 19.1. The summed E-state index contributed by atoms with van der Waals surface area (Å²) >= 11 is 0. The van der Waals surface area contributed by atoms with E-state index in [-0.39, 0.29) is 11.7 Å². The summed E-state index contributed by atoms with van der Waals surface area (Å²) in [6.45, 7) is 5.99. The average molecular weight is 293 g/mol. The zero-order valence-corrected chi connectivity index (χ0v) is 12.3. The minimum Gasteiger partial charge on any atom is -0.374 e. The van der Waals surface area contributed by atoms with Crippen LogP contribution in [0.25, 0.3) is 0 Å². The minimum atomic E-state index is -0.932. The molecule has 0 aromatic heterocycles. The summed E-state index contributed by atoms with van der Waals surface area (Å²) in [6, 6.07) is 8.88. The van der Waals surface area contributed by atoms with Gasteiger partial charge in [-0.25, -0.2) is 13.2 Å². The highest BCUT2D eigenvalue weighted by Crippen LogP contribution is 2.26. The monoisotopic (exact) mass is 293 g/mol. The molecule has 0 saturated heterocycles. The summed E-state index contributed by atoms with van der Waals surface area (Å²) in [6.07, 6.45) is 0. The lowest BCUT2D eigenvalue weighted by atomic mass is 9.99. The third kappa shape index (κ3) is 3.57. The first-order chi connectivity index (χ1) is 9.88. The van der Waals surface area contributed by atoms with Gasteiger partial charge in [0, 0.05) is 18.2 Å². The first-order valence-electron chi connectivity index (χ1n) is 6.89. The zero-order valence-electron chi connectivity index (χ0n) is 12.3. The van der Waals surface area contributed by atoms with E-state index in [1.165, 1.54) is 5.56 Å². The lowest BCUT2D eigenvalue weighted by molar-refractivity contribution is 0.545. The third-order valence-electron chi connectivity index (χ3n) is 3.47. The summed E-state index contributed by atoms with van der Waals surface area (Å²) in [5.74, 6) is -2.37. The van der Waals surface area contributed by atoms with Gasteiger partial charge in [0.05, 0.1) is 0 Å². The van der Waals surface area contributed by atoms with Crippen molar-refractivity contribution in [3.05, 3.63) is 65.0 Å². The van der Waals surface area contributed by atoms with Gasteiger partial charge in [-0.15, -0.1) is 0 Å². The number of halogens is 3. The van der Waals surface area contributed by atoms with Crippen LogP contribution in [-0.2, 0) is 0 Å². The van der Waals surface area contributed by atoms with Crippen LogP contribution in [-0.4, -0.2) is 0 Å². The third-order valence-corrected chi connectivity index (χ3v) is 3.47. The van der Waals surface area contributed by atoms with Crippen LogP contribution in [0.15, 0.2) is 36.4 Å². The zero-order chi connectivity index (χ0) is 15.6. The van der Waals surface area contributed by atoms with E-state index in [1.807, 2.05) is 24.3 Å². The Labute approximate surface area is 122 Å². The highest BCUT2D eigenvalue weighted by Gasteiger charge is 2.14. The quantitative estimate of drug-likeness (QED) is 0.795.